The molecule has 58 valence electrons. The Kier molecular flexibility index (Phi) is 2.89. The second-order valence-electron chi connectivity index (χ2n) is 2.48. The monoisotopic (exact) mass is 210 g/mol. The molecule has 0 bridgehead atoms. The Hall–Kier alpha value is -0.560. The highest BCUT2D eigenvalue weighted by atomic mass is 79.9. The summed E-state index contributed by atoms with van der Waals surface area (Å²) in [7, 11) is 0. The molecule has 1 heteroatoms. The molecule has 0 unspecified atom stereocenters. The van der Waals surface area contributed by atoms with Crippen LogP contribution in [0.1, 0.15) is 19.4 Å². The van der Waals surface area contributed by atoms with Crippen LogP contribution in [0.5, 0.6) is 0 Å². The molecule has 0 aliphatic rings. The summed E-state index contributed by atoms with van der Waals surface area (Å²) in [6, 6.07) is 8.34. The van der Waals surface area contributed by atoms with Crippen molar-refractivity contribution in [2.24, 2.45) is 0 Å². The zero-order chi connectivity index (χ0) is 8.27. The maximum Gasteiger partial charge on any atom is 0.0175 e. The molecule has 0 saturated heterocycles. The molecule has 0 aliphatic heterocycles. The first-order valence-corrected chi connectivity index (χ1v) is 4.42. The van der Waals surface area contributed by atoms with Crippen molar-refractivity contribution in [3.05, 3.63) is 40.4 Å². The molecule has 0 spiro atoms. The molecule has 0 saturated carbocycles. The molecule has 0 amide bonds. The fourth-order valence-electron chi connectivity index (χ4n) is 0.879. The molecule has 0 heterocycles. The van der Waals surface area contributed by atoms with Crippen molar-refractivity contribution >= 4 is 21.5 Å². The topological polar surface area (TPSA) is 0 Å². The van der Waals surface area contributed by atoms with Crippen LogP contribution in [0.3, 0.4) is 0 Å². The Balaban J connectivity index is 2.99. The lowest BCUT2D eigenvalue weighted by Gasteiger charge is -1.99. The van der Waals surface area contributed by atoms with Crippen LogP contribution < -0.4 is 0 Å². The standard InChI is InChI=1S/C10H11Br/c1-3-8(2)9-4-6-10(11)7-5-9/h3-7H,1-2H3/b8-3+. The number of halogens is 1. The van der Waals surface area contributed by atoms with Gasteiger partial charge in [-0.3, -0.25) is 0 Å². The van der Waals surface area contributed by atoms with Gasteiger partial charge in [0.25, 0.3) is 0 Å². The molecule has 11 heavy (non-hydrogen) atoms. The highest BCUT2D eigenvalue weighted by Crippen LogP contribution is 2.16. The molecular weight excluding hydrogens is 200 g/mol. The molecule has 1 aromatic rings. The number of hydrogen-bond acceptors (Lipinski definition) is 0. The summed E-state index contributed by atoms with van der Waals surface area (Å²) in [5, 5.41) is 0. The lowest BCUT2D eigenvalue weighted by Crippen LogP contribution is -1.76. The summed E-state index contributed by atoms with van der Waals surface area (Å²) in [5.74, 6) is 0. The third kappa shape index (κ3) is 2.19. The fraction of sp³-hybridized carbons (Fsp3) is 0.200. The Morgan fingerprint density at radius 3 is 2.27 bits per heavy atom. The highest BCUT2D eigenvalue weighted by molar-refractivity contribution is 9.10. The summed E-state index contributed by atoms with van der Waals surface area (Å²) >= 11 is 3.40. The second kappa shape index (κ2) is 3.72. The van der Waals surface area contributed by atoms with E-state index < -0.39 is 0 Å². The van der Waals surface area contributed by atoms with Gasteiger partial charge < -0.3 is 0 Å². The number of allylic oxidation sites excluding steroid dienone is 2. The smallest absolute Gasteiger partial charge is 0.0175 e. The van der Waals surface area contributed by atoms with Crippen LogP contribution in [0.2, 0.25) is 0 Å². The maximum atomic E-state index is 3.40. The lowest BCUT2D eigenvalue weighted by atomic mass is 10.1. The minimum absolute atomic E-state index is 1.13. The van der Waals surface area contributed by atoms with Gasteiger partial charge in [-0.2, -0.15) is 0 Å². The summed E-state index contributed by atoms with van der Waals surface area (Å²) in [4.78, 5) is 0. The second-order valence-corrected chi connectivity index (χ2v) is 3.39. The van der Waals surface area contributed by atoms with E-state index in [0.29, 0.717) is 0 Å². The zero-order valence-corrected chi connectivity index (χ0v) is 8.35. The lowest BCUT2D eigenvalue weighted by molar-refractivity contribution is 1.52. The third-order valence-electron chi connectivity index (χ3n) is 1.73. The average molecular weight is 211 g/mol. The Morgan fingerprint density at radius 1 is 1.27 bits per heavy atom. The van der Waals surface area contributed by atoms with Crippen LogP contribution in [0.25, 0.3) is 5.57 Å². The van der Waals surface area contributed by atoms with Gasteiger partial charge in [0, 0.05) is 4.47 Å². The minimum Gasteiger partial charge on any atom is -0.0841 e. The Morgan fingerprint density at radius 2 is 1.82 bits per heavy atom. The third-order valence-corrected chi connectivity index (χ3v) is 2.26. The maximum absolute atomic E-state index is 3.40. The molecule has 1 aromatic carbocycles. The first-order chi connectivity index (χ1) is 5.24. The number of benzene rings is 1. The van der Waals surface area contributed by atoms with Crippen LogP contribution in [-0.4, -0.2) is 0 Å². The van der Waals surface area contributed by atoms with Crippen molar-refractivity contribution in [2.75, 3.05) is 0 Å². The van der Waals surface area contributed by atoms with E-state index in [1.165, 1.54) is 11.1 Å². The quantitative estimate of drug-likeness (QED) is 0.661. The molecule has 0 N–H and O–H groups in total. The molecule has 0 aliphatic carbocycles. The summed E-state index contributed by atoms with van der Waals surface area (Å²) in [5.41, 5.74) is 2.60. The summed E-state index contributed by atoms with van der Waals surface area (Å²) < 4.78 is 1.13. The van der Waals surface area contributed by atoms with Gasteiger partial charge in [-0.05, 0) is 37.1 Å². The fourth-order valence-corrected chi connectivity index (χ4v) is 1.14. The van der Waals surface area contributed by atoms with Crippen LogP contribution >= 0.6 is 15.9 Å². The molecule has 0 nitrogen and oxygen atoms in total. The van der Waals surface area contributed by atoms with E-state index in [-0.39, 0.29) is 0 Å². The van der Waals surface area contributed by atoms with Crippen molar-refractivity contribution < 1.29 is 0 Å². The van der Waals surface area contributed by atoms with Gasteiger partial charge >= 0.3 is 0 Å². The van der Waals surface area contributed by atoms with Crippen molar-refractivity contribution in [1.29, 1.82) is 0 Å². The van der Waals surface area contributed by atoms with Gasteiger partial charge in [-0.25, -0.2) is 0 Å². The van der Waals surface area contributed by atoms with Gasteiger partial charge in [0.1, 0.15) is 0 Å². The number of rotatable bonds is 1. The molecule has 1 rings (SSSR count). The van der Waals surface area contributed by atoms with Gasteiger partial charge in [0.15, 0.2) is 0 Å². The van der Waals surface area contributed by atoms with Crippen LogP contribution in [0, 0.1) is 0 Å². The van der Waals surface area contributed by atoms with Crippen molar-refractivity contribution in [3.63, 3.8) is 0 Å². The van der Waals surface area contributed by atoms with Gasteiger partial charge in [-0.1, -0.05) is 34.1 Å². The summed E-state index contributed by atoms with van der Waals surface area (Å²) in [6.45, 7) is 4.17. The molecule has 0 radical (unpaired) electrons. The highest BCUT2D eigenvalue weighted by Gasteiger charge is 1.92. The first kappa shape index (κ1) is 8.54. The average Bonchev–Trinajstić information content (AvgIpc) is 2.05. The van der Waals surface area contributed by atoms with Crippen molar-refractivity contribution in [1.82, 2.24) is 0 Å². The SMILES string of the molecule is C/C=C(\C)c1ccc(Br)cc1. The van der Waals surface area contributed by atoms with E-state index in [0.717, 1.165) is 4.47 Å². The van der Waals surface area contributed by atoms with E-state index >= 15 is 0 Å². The largest absolute Gasteiger partial charge is 0.0841 e. The van der Waals surface area contributed by atoms with Crippen molar-refractivity contribution in [2.45, 2.75) is 13.8 Å². The van der Waals surface area contributed by atoms with Crippen LogP contribution in [0.15, 0.2) is 34.8 Å². The van der Waals surface area contributed by atoms with E-state index in [2.05, 4.69) is 60.1 Å². The predicted molar refractivity (Wildman–Crippen MR) is 53.5 cm³/mol. The summed E-state index contributed by atoms with van der Waals surface area (Å²) in [6.07, 6.45) is 2.11. The van der Waals surface area contributed by atoms with Gasteiger partial charge in [0.2, 0.25) is 0 Å². The van der Waals surface area contributed by atoms with Gasteiger partial charge in [0.05, 0.1) is 0 Å². The molecule has 0 aromatic heterocycles. The number of hydrogen-bond donors (Lipinski definition) is 0. The predicted octanol–water partition coefficient (Wildman–Crippen LogP) is 3.87. The van der Waals surface area contributed by atoms with E-state index in [4.69, 9.17) is 0 Å². The minimum atomic E-state index is 1.13. The van der Waals surface area contributed by atoms with Crippen molar-refractivity contribution in [3.8, 4) is 0 Å². The normalized spacial score (nSPS) is 11.7. The molecule has 0 atom stereocenters. The first-order valence-electron chi connectivity index (χ1n) is 3.63. The Bertz CT molecular complexity index is 257. The van der Waals surface area contributed by atoms with E-state index in [1.807, 2.05) is 0 Å². The van der Waals surface area contributed by atoms with Crippen LogP contribution in [0.4, 0.5) is 0 Å². The van der Waals surface area contributed by atoms with E-state index in [9.17, 15) is 0 Å². The van der Waals surface area contributed by atoms with Crippen LogP contribution in [-0.2, 0) is 0 Å². The van der Waals surface area contributed by atoms with E-state index in [1.54, 1.807) is 0 Å². The Labute approximate surface area is 76.1 Å². The zero-order valence-electron chi connectivity index (χ0n) is 6.76. The molecular formula is C10H11Br. The van der Waals surface area contributed by atoms with Gasteiger partial charge in [-0.15, -0.1) is 0 Å². The molecule has 0 fully saturated rings.